The number of aliphatic hydroxyl groups is 2. The fraction of sp³-hybridized carbons (Fsp3) is 0.917. The number of hydrogen-bond acceptors (Lipinski definition) is 3. The van der Waals surface area contributed by atoms with E-state index >= 15 is 0 Å². The molecule has 0 heterocycles. The van der Waals surface area contributed by atoms with Crippen LogP contribution in [0.2, 0.25) is 0 Å². The van der Waals surface area contributed by atoms with Gasteiger partial charge in [0.25, 0.3) is 0 Å². The SMILES string of the molecule is CC(C)CO.CC(C)CO.[CH2-]C(C)C.[O]=[Ti+]. The van der Waals surface area contributed by atoms with Crippen LogP contribution in [0.15, 0.2) is 0 Å². The molecule has 0 rings (SSSR count). The van der Waals surface area contributed by atoms with Gasteiger partial charge in [-0.25, -0.2) is 0 Å². The standard InChI is InChI=1S/2C4H10O.C4H9.O.Ti/c2*1-4(2)3-5;1-4(2)3;;/h2*4-5H,3H2,1-2H3;4H,1H2,2-3H3;;/q;;-1;;+1. The van der Waals surface area contributed by atoms with E-state index in [9.17, 15) is 0 Å². The van der Waals surface area contributed by atoms with Crippen molar-refractivity contribution in [1.82, 2.24) is 0 Å². The average molecular weight is 269 g/mol. The molecular formula is C12H29O3Ti. The van der Waals surface area contributed by atoms with Crippen LogP contribution in [0, 0.1) is 24.7 Å². The Morgan fingerprint density at radius 3 is 0.938 bits per heavy atom. The van der Waals surface area contributed by atoms with Crippen molar-refractivity contribution in [3.05, 3.63) is 6.92 Å². The Morgan fingerprint density at radius 2 is 0.938 bits per heavy atom. The molecule has 4 heteroatoms. The fourth-order valence-corrected chi connectivity index (χ4v) is 0. The van der Waals surface area contributed by atoms with Crippen LogP contribution in [0.3, 0.4) is 0 Å². The Labute approximate surface area is 113 Å². The molecule has 0 aliphatic rings. The van der Waals surface area contributed by atoms with Crippen molar-refractivity contribution in [3.63, 3.8) is 0 Å². The van der Waals surface area contributed by atoms with Crippen molar-refractivity contribution in [1.29, 1.82) is 0 Å². The summed E-state index contributed by atoms with van der Waals surface area (Å²) in [5.74, 6) is 1.46. The molecule has 0 radical (unpaired) electrons. The molecule has 0 saturated carbocycles. The number of rotatable bonds is 2. The van der Waals surface area contributed by atoms with Crippen LogP contribution >= 0.6 is 0 Å². The van der Waals surface area contributed by atoms with E-state index < -0.39 is 0 Å². The van der Waals surface area contributed by atoms with Crippen LogP contribution in [-0.2, 0) is 23.7 Å². The van der Waals surface area contributed by atoms with Gasteiger partial charge in [0.2, 0.25) is 0 Å². The molecule has 3 nitrogen and oxygen atoms in total. The van der Waals surface area contributed by atoms with Crippen LogP contribution in [-0.4, -0.2) is 23.4 Å². The number of hydrogen-bond donors (Lipinski definition) is 2. The molecule has 2 N–H and O–H groups in total. The van der Waals surface area contributed by atoms with E-state index in [1.165, 1.54) is 0 Å². The van der Waals surface area contributed by atoms with Gasteiger partial charge in [-0.05, 0) is 11.8 Å². The van der Waals surface area contributed by atoms with Crippen molar-refractivity contribution < 1.29 is 33.9 Å². The van der Waals surface area contributed by atoms with E-state index in [0.717, 1.165) is 20.4 Å². The molecule has 16 heavy (non-hydrogen) atoms. The van der Waals surface area contributed by atoms with Crippen LogP contribution in [0.25, 0.3) is 0 Å². The molecule has 0 bridgehead atoms. The summed E-state index contributed by atoms with van der Waals surface area (Å²) in [6.45, 7) is 16.2. The molecule has 0 saturated heterocycles. The molecule has 0 aromatic carbocycles. The maximum atomic E-state index is 8.25. The molecule has 0 aliphatic carbocycles. The quantitative estimate of drug-likeness (QED) is 0.598. The summed E-state index contributed by atoms with van der Waals surface area (Å²) in [4.78, 5) is 0. The average Bonchev–Trinajstić information content (AvgIpc) is 2.20. The van der Waals surface area contributed by atoms with Crippen molar-refractivity contribution in [3.8, 4) is 0 Å². The Kier molecular flexibility index (Phi) is 38.9. The van der Waals surface area contributed by atoms with Gasteiger partial charge < -0.3 is 17.1 Å². The van der Waals surface area contributed by atoms with Crippen LogP contribution in [0.5, 0.6) is 0 Å². The first-order chi connectivity index (χ1) is 7.27. The van der Waals surface area contributed by atoms with Crippen molar-refractivity contribution in [2.24, 2.45) is 17.8 Å². The topological polar surface area (TPSA) is 57.5 Å². The molecule has 99 valence electrons. The van der Waals surface area contributed by atoms with E-state index in [1.807, 2.05) is 27.7 Å². The first-order valence-electron chi connectivity index (χ1n) is 5.53. The molecule has 0 aromatic heterocycles. The first kappa shape index (κ1) is 25.3. The Balaban J connectivity index is -0.0000000629. The molecule has 0 fully saturated rings. The van der Waals surface area contributed by atoms with Crippen LogP contribution in [0.4, 0.5) is 0 Å². The van der Waals surface area contributed by atoms with Gasteiger partial charge in [0.1, 0.15) is 0 Å². The van der Waals surface area contributed by atoms with Crippen molar-refractivity contribution in [2.75, 3.05) is 13.2 Å². The van der Waals surface area contributed by atoms with E-state index in [4.69, 9.17) is 13.5 Å². The molecule has 0 spiro atoms. The van der Waals surface area contributed by atoms with Crippen molar-refractivity contribution in [2.45, 2.75) is 41.5 Å². The van der Waals surface area contributed by atoms with Crippen molar-refractivity contribution >= 4 is 0 Å². The summed E-state index contributed by atoms with van der Waals surface area (Å²) in [6.07, 6.45) is 0. The summed E-state index contributed by atoms with van der Waals surface area (Å²) in [6, 6.07) is 0. The summed E-state index contributed by atoms with van der Waals surface area (Å²) in [5, 5.41) is 16.3. The van der Waals surface area contributed by atoms with E-state index in [1.54, 1.807) is 0 Å². The summed E-state index contributed by atoms with van der Waals surface area (Å²) >= 11 is 0.750. The third-order valence-electron chi connectivity index (χ3n) is 0.730. The molecule has 0 amide bonds. The third-order valence-corrected chi connectivity index (χ3v) is 0.730. The summed E-state index contributed by atoms with van der Waals surface area (Å²) < 4.78 is 8.25. The van der Waals surface area contributed by atoms with E-state index in [0.29, 0.717) is 31.0 Å². The predicted molar refractivity (Wildman–Crippen MR) is 64.7 cm³/mol. The van der Waals surface area contributed by atoms with Gasteiger partial charge in [0.05, 0.1) is 0 Å². The van der Waals surface area contributed by atoms with Gasteiger partial charge in [-0.3, -0.25) is 0 Å². The summed E-state index contributed by atoms with van der Waals surface area (Å²) in [5.41, 5.74) is 0. The zero-order valence-electron chi connectivity index (χ0n) is 11.7. The molecule has 0 aliphatic heterocycles. The second kappa shape index (κ2) is 24.6. The molecule has 0 unspecified atom stereocenters. The van der Waals surface area contributed by atoms with Gasteiger partial charge in [-0.2, -0.15) is 5.92 Å². The first-order valence-corrected chi connectivity index (χ1v) is 6.16. The van der Waals surface area contributed by atoms with Gasteiger partial charge >= 0.3 is 23.7 Å². The van der Waals surface area contributed by atoms with Gasteiger partial charge in [-0.1, -0.05) is 41.5 Å². The Morgan fingerprint density at radius 1 is 0.875 bits per heavy atom. The zero-order chi connectivity index (χ0) is 14.1. The second-order valence-electron chi connectivity index (χ2n) is 4.55. The van der Waals surface area contributed by atoms with Gasteiger partial charge in [0, 0.05) is 13.2 Å². The van der Waals surface area contributed by atoms with E-state index in [2.05, 4.69) is 20.8 Å². The molecule has 0 aromatic rings. The number of aliphatic hydroxyl groups excluding tert-OH is 2. The third kappa shape index (κ3) is 132. The molecular weight excluding hydrogens is 240 g/mol. The minimum absolute atomic E-state index is 0.306. The van der Waals surface area contributed by atoms with Gasteiger partial charge in [-0.15, -0.1) is 0 Å². The second-order valence-corrected chi connectivity index (χ2v) is 4.55. The molecule has 0 atom stereocenters. The monoisotopic (exact) mass is 269 g/mol. The Hall–Kier alpha value is 0.434. The summed E-state index contributed by atoms with van der Waals surface area (Å²) in [7, 11) is 0. The zero-order valence-corrected chi connectivity index (χ0v) is 13.2. The fourth-order valence-electron chi connectivity index (χ4n) is 0. The maximum absolute atomic E-state index is 8.25. The Bertz CT molecular complexity index is 85.5. The minimum atomic E-state index is 0.306. The van der Waals surface area contributed by atoms with Gasteiger partial charge in [0.15, 0.2) is 0 Å². The van der Waals surface area contributed by atoms with Crippen LogP contribution in [0.1, 0.15) is 41.5 Å². The van der Waals surface area contributed by atoms with Crippen LogP contribution < -0.4 is 0 Å². The normalized spacial score (nSPS) is 8.62. The predicted octanol–water partition coefficient (Wildman–Crippen LogP) is 2.62. The van der Waals surface area contributed by atoms with E-state index in [-0.39, 0.29) is 0 Å².